The van der Waals surface area contributed by atoms with E-state index in [4.69, 9.17) is 4.98 Å². The van der Waals surface area contributed by atoms with Crippen molar-refractivity contribution in [2.45, 2.75) is 38.7 Å². The van der Waals surface area contributed by atoms with Crippen LogP contribution in [0.1, 0.15) is 41.1 Å². The van der Waals surface area contributed by atoms with Crippen LogP contribution in [0.3, 0.4) is 0 Å². The first kappa shape index (κ1) is 19.5. The van der Waals surface area contributed by atoms with E-state index in [1.807, 2.05) is 19.9 Å². The van der Waals surface area contributed by atoms with Gasteiger partial charge in [0.1, 0.15) is 11.9 Å². The topological polar surface area (TPSA) is 63.4 Å². The Kier molecular flexibility index (Phi) is 4.80. The molecule has 1 aliphatic carbocycles. The SMILES string of the molecule is Cc1cc(C)c(C#N)c(N2C[C@H](O)[C@@]3(C2)[C@H](CN2CCCC2)[C@H]3c2ccccc2)n1. The molecule has 2 aliphatic heterocycles. The molecule has 156 valence electrons. The highest BCUT2D eigenvalue weighted by molar-refractivity contribution is 5.60. The molecule has 4 atom stereocenters. The Hall–Kier alpha value is -2.42. The van der Waals surface area contributed by atoms with Gasteiger partial charge in [-0.2, -0.15) is 5.26 Å². The monoisotopic (exact) mass is 402 g/mol. The Balaban J connectivity index is 1.49. The molecule has 0 amide bonds. The fourth-order valence-electron chi connectivity index (χ4n) is 6.16. The highest BCUT2D eigenvalue weighted by atomic mass is 16.3. The molecule has 0 radical (unpaired) electrons. The largest absolute Gasteiger partial charge is 0.391 e. The Morgan fingerprint density at radius 3 is 2.63 bits per heavy atom. The van der Waals surface area contributed by atoms with Gasteiger partial charge in [-0.25, -0.2) is 4.98 Å². The maximum atomic E-state index is 11.4. The third kappa shape index (κ3) is 3.02. The number of aliphatic hydroxyl groups excluding tert-OH is 1. The summed E-state index contributed by atoms with van der Waals surface area (Å²) in [7, 11) is 0. The van der Waals surface area contributed by atoms with Crippen LogP contribution in [0, 0.1) is 36.5 Å². The standard InChI is InChI=1S/C25H30N4O/c1-17-12-18(2)27-24(20(17)13-26)29-15-22(30)25(16-29)21(14-28-10-6-7-11-28)23(25)19-8-4-3-5-9-19/h3-5,8-9,12,21-23,30H,6-7,10-11,14-16H2,1-2H3/t21-,22+,23-,25-/m1/s1. The minimum Gasteiger partial charge on any atom is -0.391 e. The second-order valence-electron chi connectivity index (χ2n) is 9.40. The lowest BCUT2D eigenvalue weighted by molar-refractivity contribution is 0.118. The number of hydrogen-bond donors (Lipinski definition) is 1. The lowest BCUT2D eigenvalue weighted by Gasteiger charge is -2.21. The molecule has 5 rings (SSSR count). The maximum absolute atomic E-state index is 11.4. The van der Waals surface area contributed by atoms with Gasteiger partial charge in [-0.15, -0.1) is 0 Å². The number of benzene rings is 1. The summed E-state index contributed by atoms with van der Waals surface area (Å²) in [4.78, 5) is 9.46. The first-order valence-corrected chi connectivity index (χ1v) is 11.1. The van der Waals surface area contributed by atoms with Crippen LogP contribution < -0.4 is 4.90 Å². The molecule has 30 heavy (non-hydrogen) atoms. The van der Waals surface area contributed by atoms with E-state index in [1.165, 1.54) is 31.5 Å². The predicted molar refractivity (Wildman–Crippen MR) is 117 cm³/mol. The van der Waals surface area contributed by atoms with Crippen LogP contribution in [0.25, 0.3) is 0 Å². The van der Waals surface area contributed by atoms with Crippen LogP contribution in [-0.2, 0) is 0 Å². The number of likely N-dealkylation sites (tertiary alicyclic amines) is 1. The molecule has 2 aromatic rings. The van der Waals surface area contributed by atoms with Crippen LogP contribution in [0.2, 0.25) is 0 Å². The van der Waals surface area contributed by atoms with Gasteiger partial charge in [0.2, 0.25) is 0 Å². The Labute approximate surface area is 179 Å². The Morgan fingerprint density at radius 1 is 1.20 bits per heavy atom. The quantitative estimate of drug-likeness (QED) is 0.851. The summed E-state index contributed by atoms with van der Waals surface area (Å²) in [6.07, 6.45) is 2.15. The smallest absolute Gasteiger partial charge is 0.147 e. The van der Waals surface area contributed by atoms with Crippen LogP contribution in [0.15, 0.2) is 36.4 Å². The van der Waals surface area contributed by atoms with Crippen LogP contribution >= 0.6 is 0 Å². The third-order valence-corrected chi connectivity index (χ3v) is 7.59. The second kappa shape index (κ2) is 7.37. The van der Waals surface area contributed by atoms with Crippen molar-refractivity contribution in [3.8, 4) is 6.07 Å². The molecule has 0 unspecified atom stereocenters. The van der Waals surface area contributed by atoms with Gasteiger partial charge < -0.3 is 14.9 Å². The summed E-state index contributed by atoms with van der Waals surface area (Å²) in [5, 5.41) is 21.1. The van der Waals surface area contributed by atoms with Gasteiger partial charge in [0, 0.05) is 30.7 Å². The van der Waals surface area contributed by atoms with E-state index < -0.39 is 6.10 Å². The van der Waals surface area contributed by atoms with E-state index in [2.05, 4.69) is 46.2 Å². The molecular weight excluding hydrogens is 372 g/mol. The maximum Gasteiger partial charge on any atom is 0.147 e. The summed E-state index contributed by atoms with van der Waals surface area (Å²) >= 11 is 0. The van der Waals surface area contributed by atoms with Crippen molar-refractivity contribution >= 4 is 5.82 Å². The first-order valence-electron chi connectivity index (χ1n) is 11.1. The number of hydrogen-bond acceptors (Lipinski definition) is 5. The van der Waals surface area contributed by atoms with Crippen LogP contribution in [0.5, 0.6) is 0 Å². The molecule has 1 aromatic heterocycles. The van der Waals surface area contributed by atoms with Crippen molar-refractivity contribution in [3.63, 3.8) is 0 Å². The third-order valence-electron chi connectivity index (χ3n) is 7.59. The number of nitrogens with zero attached hydrogens (tertiary/aromatic N) is 4. The lowest BCUT2D eigenvalue weighted by Crippen LogP contribution is -2.28. The molecule has 0 bridgehead atoms. The fourth-order valence-corrected chi connectivity index (χ4v) is 6.16. The van der Waals surface area contributed by atoms with E-state index in [9.17, 15) is 10.4 Å². The van der Waals surface area contributed by atoms with Crippen LogP contribution in [0.4, 0.5) is 5.82 Å². The molecule has 1 spiro atoms. The van der Waals surface area contributed by atoms with Crippen molar-refractivity contribution in [1.82, 2.24) is 9.88 Å². The summed E-state index contributed by atoms with van der Waals surface area (Å²) in [6, 6.07) is 15.0. The number of pyridine rings is 1. The van der Waals surface area contributed by atoms with Gasteiger partial charge >= 0.3 is 0 Å². The van der Waals surface area contributed by atoms with E-state index >= 15 is 0 Å². The molecule has 1 N–H and O–H groups in total. The van der Waals surface area contributed by atoms with Crippen LogP contribution in [-0.4, -0.2) is 53.8 Å². The predicted octanol–water partition coefficient (Wildman–Crippen LogP) is 3.25. The van der Waals surface area contributed by atoms with Gasteiger partial charge in [0.25, 0.3) is 0 Å². The minimum atomic E-state index is -0.413. The van der Waals surface area contributed by atoms with E-state index in [0.717, 1.165) is 30.2 Å². The average Bonchev–Trinajstić information content (AvgIpc) is 3.02. The molecule has 5 nitrogen and oxygen atoms in total. The van der Waals surface area contributed by atoms with Gasteiger partial charge in [0.05, 0.1) is 11.7 Å². The van der Waals surface area contributed by atoms with Crippen molar-refractivity contribution in [1.29, 1.82) is 5.26 Å². The average molecular weight is 403 g/mol. The number of anilines is 1. The molecule has 3 fully saturated rings. The number of rotatable bonds is 4. The normalized spacial score (nSPS) is 30.7. The molecular formula is C25H30N4O. The van der Waals surface area contributed by atoms with Gasteiger partial charge in [-0.3, -0.25) is 0 Å². The fraction of sp³-hybridized carbons (Fsp3) is 0.520. The number of β-amino-alcohol motifs (C(OH)–C–C–N with tert-alkyl or cyclic N) is 1. The summed E-state index contributed by atoms with van der Waals surface area (Å²) in [5.74, 6) is 1.54. The molecule has 3 heterocycles. The summed E-state index contributed by atoms with van der Waals surface area (Å²) in [6.45, 7) is 8.65. The zero-order valence-corrected chi connectivity index (χ0v) is 17.9. The summed E-state index contributed by atoms with van der Waals surface area (Å²) in [5.41, 5.74) is 3.69. The van der Waals surface area contributed by atoms with E-state index in [0.29, 0.717) is 23.9 Å². The van der Waals surface area contributed by atoms with Gasteiger partial charge in [0.15, 0.2) is 0 Å². The zero-order chi connectivity index (χ0) is 20.9. The molecule has 3 aliphatic rings. The van der Waals surface area contributed by atoms with E-state index in [-0.39, 0.29) is 5.41 Å². The molecule has 1 saturated carbocycles. The highest BCUT2D eigenvalue weighted by Gasteiger charge is 2.71. The Bertz CT molecular complexity index is 979. The van der Waals surface area contributed by atoms with Crippen molar-refractivity contribution in [3.05, 3.63) is 58.8 Å². The minimum absolute atomic E-state index is 0.157. The number of nitriles is 1. The highest BCUT2D eigenvalue weighted by Crippen LogP contribution is 2.69. The van der Waals surface area contributed by atoms with Crippen molar-refractivity contribution < 1.29 is 5.11 Å². The molecule has 1 aromatic carbocycles. The second-order valence-corrected chi connectivity index (χ2v) is 9.40. The first-order chi connectivity index (χ1) is 14.5. The van der Waals surface area contributed by atoms with Gasteiger partial charge in [-0.05, 0) is 68.8 Å². The Morgan fingerprint density at radius 2 is 1.93 bits per heavy atom. The van der Waals surface area contributed by atoms with Crippen molar-refractivity contribution in [2.24, 2.45) is 11.3 Å². The van der Waals surface area contributed by atoms with Crippen molar-refractivity contribution in [2.75, 3.05) is 37.6 Å². The molecule has 2 saturated heterocycles. The number of aromatic nitrogens is 1. The van der Waals surface area contributed by atoms with Gasteiger partial charge in [-0.1, -0.05) is 30.3 Å². The lowest BCUT2D eigenvalue weighted by atomic mass is 9.95. The zero-order valence-electron chi connectivity index (χ0n) is 17.9. The number of aryl methyl sites for hydroxylation is 2. The molecule has 5 heteroatoms. The van der Waals surface area contributed by atoms with E-state index in [1.54, 1.807) is 0 Å². The number of aliphatic hydroxyl groups is 1. The summed E-state index contributed by atoms with van der Waals surface area (Å²) < 4.78 is 0.